The van der Waals surface area contributed by atoms with E-state index in [9.17, 15) is 4.79 Å². The Morgan fingerprint density at radius 2 is 1.68 bits per heavy atom. The highest BCUT2D eigenvalue weighted by atomic mass is 35.5. The summed E-state index contributed by atoms with van der Waals surface area (Å²) in [6.07, 6.45) is 1.73. The van der Waals surface area contributed by atoms with Gasteiger partial charge >= 0.3 is 5.97 Å². The average Bonchev–Trinajstić information content (AvgIpc) is 2.51. The predicted octanol–water partition coefficient (Wildman–Crippen LogP) is 4.87. The molecule has 22 heavy (non-hydrogen) atoms. The van der Waals surface area contributed by atoms with Crippen molar-refractivity contribution in [3.63, 3.8) is 0 Å². The van der Waals surface area contributed by atoms with Crippen molar-refractivity contribution in [1.29, 1.82) is 0 Å². The number of hydrogen-bond acceptors (Lipinski definition) is 2. The van der Waals surface area contributed by atoms with Crippen LogP contribution in [0.25, 0.3) is 5.57 Å². The SMILES string of the molecule is CC(=O)OC1CC/C1=C(/c1ccccc1)c1ccc(Cl)cc1. The molecule has 0 saturated heterocycles. The molecule has 1 aliphatic carbocycles. The highest BCUT2D eigenvalue weighted by molar-refractivity contribution is 6.30. The van der Waals surface area contributed by atoms with Gasteiger partial charge in [-0.15, -0.1) is 0 Å². The Morgan fingerprint density at radius 3 is 2.23 bits per heavy atom. The van der Waals surface area contributed by atoms with Crippen LogP contribution in [0.5, 0.6) is 0 Å². The van der Waals surface area contributed by atoms with Gasteiger partial charge in [0.1, 0.15) is 6.10 Å². The first-order chi connectivity index (χ1) is 10.6. The number of carbonyl (C=O) groups is 1. The quantitative estimate of drug-likeness (QED) is 0.756. The maximum Gasteiger partial charge on any atom is 0.303 e. The van der Waals surface area contributed by atoms with Gasteiger partial charge in [0.2, 0.25) is 0 Å². The lowest BCUT2D eigenvalue weighted by atomic mass is 9.80. The van der Waals surface area contributed by atoms with Gasteiger partial charge in [0.15, 0.2) is 0 Å². The maximum atomic E-state index is 11.3. The maximum absolute atomic E-state index is 11.3. The van der Waals surface area contributed by atoms with E-state index in [-0.39, 0.29) is 12.1 Å². The van der Waals surface area contributed by atoms with Gasteiger partial charge in [-0.25, -0.2) is 0 Å². The first kappa shape index (κ1) is 14.9. The van der Waals surface area contributed by atoms with Crippen molar-refractivity contribution in [2.75, 3.05) is 0 Å². The summed E-state index contributed by atoms with van der Waals surface area (Å²) in [6.45, 7) is 1.46. The van der Waals surface area contributed by atoms with Crippen molar-refractivity contribution in [2.24, 2.45) is 0 Å². The second kappa shape index (κ2) is 6.37. The summed E-state index contributed by atoms with van der Waals surface area (Å²) in [7, 11) is 0. The van der Waals surface area contributed by atoms with E-state index in [1.807, 2.05) is 42.5 Å². The standard InChI is InChI=1S/C19H17ClO2/c1-13(21)22-18-12-11-17(18)19(14-5-3-2-4-6-14)15-7-9-16(20)10-8-15/h2-10,18H,11-12H2,1H3/b19-17+. The van der Waals surface area contributed by atoms with Crippen LogP contribution in [0.4, 0.5) is 0 Å². The summed E-state index contributed by atoms with van der Waals surface area (Å²) >= 11 is 6.00. The molecule has 1 saturated carbocycles. The number of halogens is 1. The molecule has 112 valence electrons. The zero-order valence-electron chi connectivity index (χ0n) is 12.4. The van der Waals surface area contributed by atoms with Gasteiger partial charge in [-0.1, -0.05) is 54.1 Å². The molecule has 0 aliphatic heterocycles. The molecule has 1 aliphatic rings. The van der Waals surface area contributed by atoms with Crippen LogP contribution in [0, 0.1) is 0 Å². The normalized spacial score (nSPS) is 19.3. The van der Waals surface area contributed by atoms with Crippen LogP contribution >= 0.6 is 11.6 Å². The molecule has 2 aromatic rings. The Morgan fingerprint density at radius 1 is 1.05 bits per heavy atom. The van der Waals surface area contributed by atoms with Crippen molar-refractivity contribution in [3.05, 3.63) is 76.3 Å². The number of ether oxygens (including phenoxy) is 1. The van der Waals surface area contributed by atoms with E-state index in [1.54, 1.807) is 0 Å². The molecule has 1 unspecified atom stereocenters. The van der Waals surface area contributed by atoms with Crippen LogP contribution in [0.2, 0.25) is 5.02 Å². The molecule has 0 N–H and O–H groups in total. The molecular weight excluding hydrogens is 296 g/mol. The molecule has 0 bridgehead atoms. The number of benzene rings is 2. The summed E-state index contributed by atoms with van der Waals surface area (Å²) in [6, 6.07) is 18.0. The summed E-state index contributed by atoms with van der Waals surface area (Å²) in [5, 5.41) is 0.714. The molecule has 0 amide bonds. The number of esters is 1. The van der Waals surface area contributed by atoms with E-state index in [0.717, 1.165) is 29.5 Å². The molecule has 1 fully saturated rings. The third-order valence-electron chi connectivity index (χ3n) is 3.89. The van der Waals surface area contributed by atoms with Crippen LogP contribution in [-0.4, -0.2) is 12.1 Å². The Bertz CT molecular complexity index is 702. The van der Waals surface area contributed by atoms with Gasteiger partial charge in [0.05, 0.1) is 0 Å². The zero-order chi connectivity index (χ0) is 15.5. The summed E-state index contributed by atoms with van der Waals surface area (Å²) in [5.74, 6) is -0.231. The first-order valence-corrected chi connectivity index (χ1v) is 7.74. The fourth-order valence-corrected chi connectivity index (χ4v) is 2.91. The van der Waals surface area contributed by atoms with Gasteiger partial charge in [0, 0.05) is 11.9 Å². The Balaban J connectivity index is 2.08. The molecule has 2 aromatic carbocycles. The molecule has 3 heteroatoms. The largest absolute Gasteiger partial charge is 0.458 e. The second-order valence-corrected chi connectivity index (χ2v) is 5.85. The minimum absolute atomic E-state index is 0.108. The predicted molar refractivity (Wildman–Crippen MR) is 88.7 cm³/mol. The fourth-order valence-electron chi connectivity index (χ4n) is 2.78. The van der Waals surface area contributed by atoms with Crippen molar-refractivity contribution in [1.82, 2.24) is 0 Å². The molecule has 2 nitrogen and oxygen atoms in total. The van der Waals surface area contributed by atoms with E-state index in [4.69, 9.17) is 16.3 Å². The highest BCUT2D eigenvalue weighted by Gasteiger charge is 2.30. The molecule has 0 aromatic heterocycles. The summed E-state index contributed by atoms with van der Waals surface area (Å²) < 4.78 is 5.42. The number of carbonyl (C=O) groups excluding carboxylic acids is 1. The zero-order valence-corrected chi connectivity index (χ0v) is 13.1. The van der Waals surface area contributed by atoms with Crippen molar-refractivity contribution >= 4 is 23.1 Å². The van der Waals surface area contributed by atoms with Crippen LogP contribution in [0.15, 0.2) is 60.2 Å². The fraction of sp³-hybridized carbons (Fsp3) is 0.211. The Hall–Kier alpha value is -2.06. The molecule has 0 radical (unpaired) electrons. The molecule has 0 spiro atoms. The van der Waals surface area contributed by atoms with Crippen molar-refractivity contribution in [3.8, 4) is 0 Å². The monoisotopic (exact) mass is 312 g/mol. The van der Waals surface area contributed by atoms with Crippen LogP contribution < -0.4 is 0 Å². The Kier molecular flexibility index (Phi) is 4.30. The van der Waals surface area contributed by atoms with Gasteiger partial charge in [-0.05, 0) is 47.2 Å². The minimum Gasteiger partial charge on any atom is -0.458 e. The second-order valence-electron chi connectivity index (χ2n) is 5.41. The summed E-state index contributed by atoms with van der Waals surface area (Å²) in [5.41, 5.74) is 4.57. The van der Waals surface area contributed by atoms with E-state index >= 15 is 0 Å². The van der Waals surface area contributed by atoms with E-state index in [2.05, 4.69) is 12.1 Å². The van der Waals surface area contributed by atoms with Crippen LogP contribution in [-0.2, 0) is 9.53 Å². The summed E-state index contributed by atoms with van der Waals surface area (Å²) in [4.78, 5) is 11.3. The first-order valence-electron chi connectivity index (χ1n) is 7.37. The van der Waals surface area contributed by atoms with Crippen molar-refractivity contribution in [2.45, 2.75) is 25.9 Å². The third-order valence-corrected chi connectivity index (χ3v) is 4.14. The lowest BCUT2D eigenvalue weighted by Crippen LogP contribution is -2.28. The number of hydrogen-bond donors (Lipinski definition) is 0. The lowest BCUT2D eigenvalue weighted by molar-refractivity contribution is -0.146. The minimum atomic E-state index is -0.231. The van der Waals surface area contributed by atoms with E-state index in [0.29, 0.717) is 5.02 Å². The smallest absolute Gasteiger partial charge is 0.303 e. The van der Waals surface area contributed by atoms with Crippen LogP contribution in [0.1, 0.15) is 30.9 Å². The number of rotatable bonds is 3. The molecule has 3 rings (SSSR count). The van der Waals surface area contributed by atoms with E-state index < -0.39 is 0 Å². The lowest BCUT2D eigenvalue weighted by Gasteiger charge is -2.32. The molecular formula is C19H17ClO2. The van der Waals surface area contributed by atoms with Gasteiger partial charge in [0.25, 0.3) is 0 Å². The van der Waals surface area contributed by atoms with Crippen LogP contribution in [0.3, 0.4) is 0 Å². The highest BCUT2D eigenvalue weighted by Crippen LogP contribution is 2.39. The third kappa shape index (κ3) is 3.07. The molecule has 1 atom stereocenters. The van der Waals surface area contributed by atoms with Gasteiger partial charge in [-0.3, -0.25) is 4.79 Å². The Labute approximate surface area is 135 Å². The molecule has 0 heterocycles. The van der Waals surface area contributed by atoms with Gasteiger partial charge in [-0.2, -0.15) is 0 Å². The van der Waals surface area contributed by atoms with Crippen molar-refractivity contribution < 1.29 is 9.53 Å². The average molecular weight is 313 g/mol. The van der Waals surface area contributed by atoms with E-state index in [1.165, 1.54) is 12.5 Å². The topological polar surface area (TPSA) is 26.3 Å². The van der Waals surface area contributed by atoms with Gasteiger partial charge < -0.3 is 4.74 Å².